The van der Waals surface area contributed by atoms with Crippen LogP contribution in [0.5, 0.6) is 17.2 Å². The van der Waals surface area contributed by atoms with Crippen LogP contribution >= 0.6 is 0 Å². The first kappa shape index (κ1) is 19.5. The first-order valence-electron chi connectivity index (χ1n) is 8.90. The van der Waals surface area contributed by atoms with Crippen LogP contribution in [0.25, 0.3) is 0 Å². The van der Waals surface area contributed by atoms with Gasteiger partial charge in [-0.15, -0.1) is 0 Å². The molecule has 2 unspecified atom stereocenters. The van der Waals surface area contributed by atoms with Gasteiger partial charge >= 0.3 is 5.97 Å². The molecular formula is C21H23NO6. The summed E-state index contributed by atoms with van der Waals surface area (Å²) >= 11 is 0. The second-order valence-electron chi connectivity index (χ2n) is 6.06. The summed E-state index contributed by atoms with van der Waals surface area (Å²) in [5.41, 5.74) is 1.92. The highest BCUT2D eigenvalue weighted by atomic mass is 16.6. The number of carbonyl (C=O) groups excluding carboxylic acids is 1. The van der Waals surface area contributed by atoms with E-state index in [0.29, 0.717) is 28.5 Å². The molecule has 7 heteroatoms. The Morgan fingerprint density at radius 2 is 1.68 bits per heavy atom. The topological polar surface area (TPSA) is 75.6 Å². The molecule has 148 valence electrons. The van der Waals surface area contributed by atoms with Gasteiger partial charge in [-0.3, -0.25) is 4.79 Å². The molecule has 0 spiro atoms. The molecule has 0 radical (unpaired) electrons. The SMILES string of the molecule is CCOC(=O)C1C(c2cc(OC)c(OC)c(OC)c2)=NOC1c1ccccc1. The van der Waals surface area contributed by atoms with Crippen molar-refractivity contribution in [3.05, 3.63) is 53.6 Å². The molecule has 1 aliphatic rings. The van der Waals surface area contributed by atoms with Crippen molar-refractivity contribution in [2.75, 3.05) is 27.9 Å². The van der Waals surface area contributed by atoms with Gasteiger partial charge in [0.1, 0.15) is 11.6 Å². The highest BCUT2D eigenvalue weighted by Gasteiger charge is 2.43. The molecule has 2 aromatic rings. The van der Waals surface area contributed by atoms with E-state index in [2.05, 4.69) is 5.16 Å². The largest absolute Gasteiger partial charge is 0.493 e. The van der Waals surface area contributed by atoms with Gasteiger partial charge in [0.2, 0.25) is 5.75 Å². The maximum atomic E-state index is 12.8. The highest BCUT2D eigenvalue weighted by Crippen LogP contribution is 2.42. The summed E-state index contributed by atoms with van der Waals surface area (Å²) < 4.78 is 21.5. The molecular weight excluding hydrogens is 362 g/mol. The van der Waals surface area contributed by atoms with E-state index in [1.807, 2.05) is 30.3 Å². The fourth-order valence-electron chi connectivity index (χ4n) is 3.20. The Hall–Kier alpha value is -3.22. The first-order chi connectivity index (χ1) is 13.6. The van der Waals surface area contributed by atoms with Gasteiger partial charge in [0.25, 0.3) is 0 Å². The zero-order valence-corrected chi connectivity index (χ0v) is 16.3. The van der Waals surface area contributed by atoms with E-state index in [1.165, 1.54) is 21.3 Å². The van der Waals surface area contributed by atoms with Crippen molar-refractivity contribution in [3.63, 3.8) is 0 Å². The zero-order chi connectivity index (χ0) is 20.1. The van der Waals surface area contributed by atoms with Gasteiger partial charge in [-0.1, -0.05) is 35.5 Å². The van der Waals surface area contributed by atoms with Gasteiger partial charge in [-0.05, 0) is 24.6 Å². The van der Waals surface area contributed by atoms with E-state index < -0.39 is 18.0 Å². The number of hydrogen-bond acceptors (Lipinski definition) is 7. The van der Waals surface area contributed by atoms with E-state index in [9.17, 15) is 4.79 Å². The van der Waals surface area contributed by atoms with Gasteiger partial charge in [-0.25, -0.2) is 0 Å². The number of rotatable bonds is 7. The summed E-state index contributed by atoms with van der Waals surface area (Å²) in [6, 6.07) is 12.9. The summed E-state index contributed by atoms with van der Waals surface area (Å²) in [4.78, 5) is 18.4. The minimum atomic E-state index is -0.717. The molecule has 2 aromatic carbocycles. The van der Waals surface area contributed by atoms with Crippen LogP contribution in [0, 0.1) is 5.92 Å². The molecule has 0 saturated heterocycles. The second kappa shape index (κ2) is 8.65. The fourth-order valence-corrected chi connectivity index (χ4v) is 3.20. The maximum Gasteiger partial charge on any atom is 0.319 e. The van der Waals surface area contributed by atoms with Crippen LogP contribution in [0.1, 0.15) is 24.2 Å². The Bertz CT molecular complexity index is 839. The van der Waals surface area contributed by atoms with E-state index in [1.54, 1.807) is 19.1 Å². The number of benzene rings is 2. The van der Waals surface area contributed by atoms with Crippen LogP contribution in [0.3, 0.4) is 0 Å². The third-order valence-corrected chi connectivity index (χ3v) is 4.49. The standard InChI is InChI=1S/C21H23NO6/c1-5-27-21(23)17-18(22-28-19(17)13-9-7-6-8-10-13)14-11-15(24-2)20(26-4)16(12-14)25-3/h6-12,17,19H,5H2,1-4H3. The number of ether oxygens (including phenoxy) is 4. The van der Waals surface area contributed by atoms with Crippen LogP contribution in [-0.4, -0.2) is 39.6 Å². The molecule has 2 atom stereocenters. The fraction of sp³-hybridized carbons (Fsp3) is 0.333. The Morgan fingerprint density at radius 1 is 1.04 bits per heavy atom. The lowest BCUT2D eigenvalue weighted by Gasteiger charge is -2.19. The minimum absolute atomic E-state index is 0.263. The van der Waals surface area contributed by atoms with Crippen molar-refractivity contribution in [1.29, 1.82) is 0 Å². The number of nitrogens with zero attached hydrogens (tertiary/aromatic N) is 1. The van der Waals surface area contributed by atoms with Crippen LogP contribution < -0.4 is 14.2 Å². The molecule has 1 heterocycles. The van der Waals surface area contributed by atoms with E-state index in [4.69, 9.17) is 23.8 Å². The first-order valence-corrected chi connectivity index (χ1v) is 8.90. The Kier molecular flexibility index (Phi) is 6.03. The van der Waals surface area contributed by atoms with Gasteiger partial charge in [0, 0.05) is 5.56 Å². The molecule has 0 amide bonds. The monoisotopic (exact) mass is 385 g/mol. The lowest BCUT2D eigenvalue weighted by molar-refractivity contribution is -0.148. The summed E-state index contributed by atoms with van der Waals surface area (Å²) in [7, 11) is 4.59. The Morgan fingerprint density at radius 3 is 2.21 bits per heavy atom. The lowest BCUT2D eigenvalue weighted by atomic mass is 9.88. The van der Waals surface area contributed by atoms with Crippen LogP contribution in [0.4, 0.5) is 0 Å². The molecule has 0 N–H and O–H groups in total. The van der Waals surface area contributed by atoms with Crippen molar-refractivity contribution < 1.29 is 28.6 Å². The molecule has 0 fully saturated rings. The molecule has 0 aromatic heterocycles. The highest BCUT2D eigenvalue weighted by molar-refractivity contribution is 6.13. The quantitative estimate of drug-likeness (QED) is 0.680. The van der Waals surface area contributed by atoms with Gasteiger partial charge in [0.15, 0.2) is 17.6 Å². The summed E-state index contributed by atoms with van der Waals surface area (Å²) in [5.74, 6) is 0.266. The van der Waals surface area contributed by atoms with Gasteiger partial charge in [0.05, 0.1) is 27.9 Å². The van der Waals surface area contributed by atoms with Crippen molar-refractivity contribution in [1.82, 2.24) is 0 Å². The maximum absolute atomic E-state index is 12.8. The Balaban J connectivity index is 2.06. The summed E-state index contributed by atoms with van der Waals surface area (Å²) in [6.07, 6.45) is -0.575. The number of methoxy groups -OCH3 is 3. The third kappa shape index (κ3) is 3.60. The van der Waals surface area contributed by atoms with Gasteiger partial charge in [-0.2, -0.15) is 0 Å². The number of esters is 1. The van der Waals surface area contributed by atoms with E-state index in [-0.39, 0.29) is 6.61 Å². The predicted molar refractivity (Wildman–Crippen MR) is 103 cm³/mol. The van der Waals surface area contributed by atoms with E-state index >= 15 is 0 Å². The zero-order valence-electron chi connectivity index (χ0n) is 16.3. The van der Waals surface area contributed by atoms with Gasteiger partial charge < -0.3 is 23.8 Å². The van der Waals surface area contributed by atoms with Crippen LogP contribution in [0.15, 0.2) is 47.6 Å². The molecule has 0 bridgehead atoms. The molecule has 3 rings (SSSR count). The smallest absolute Gasteiger partial charge is 0.319 e. The molecule has 1 aliphatic heterocycles. The minimum Gasteiger partial charge on any atom is -0.493 e. The molecule has 28 heavy (non-hydrogen) atoms. The van der Waals surface area contributed by atoms with Crippen molar-refractivity contribution in [2.24, 2.45) is 11.1 Å². The Labute approximate surface area is 163 Å². The third-order valence-electron chi connectivity index (χ3n) is 4.49. The average molecular weight is 385 g/mol. The van der Waals surface area contributed by atoms with Crippen molar-refractivity contribution >= 4 is 11.7 Å². The molecule has 0 saturated carbocycles. The van der Waals surface area contributed by atoms with E-state index in [0.717, 1.165) is 5.56 Å². The lowest BCUT2D eigenvalue weighted by Crippen LogP contribution is -2.29. The van der Waals surface area contributed by atoms with Crippen molar-refractivity contribution in [3.8, 4) is 17.2 Å². The number of carbonyl (C=O) groups is 1. The van der Waals surface area contributed by atoms with Crippen LogP contribution in [0.2, 0.25) is 0 Å². The molecule has 7 nitrogen and oxygen atoms in total. The normalized spacial score (nSPS) is 18.1. The second-order valence-corrected chi connectivity index (χ2v) is 6.06. The number of oxime groups is 1. The average Bonchev–Trinajstić information content (AvgIpc) is 3.18. The predicted octanol–water partition coefficient (Wildman–Crippen LogP) is 3.37. The van der Waals surface area contributed by atoms with Crippen molar-refractivity contribution in [2.45, 2.75) is 13.0 Å². The summed E-state index contributed by atoms with van der Waals surface area (Å²) in [6.45, 7) is 2.03. The summed E-state index contributed by atoms with van der Waals surface area (Å²) in [5, 5.41) is 4.22. The molecule has 0 aliphatic carbocycles. The van der Waals surface area contributed by atoms with Crippen LogP contribution in [-0.2, 0) is 14.4 Å². The number of hydrogen-bond donors (Lipinski definition) is 0.